The summed E-state index contributed by atoms with van der Waals surface area (Å²) in [6.07, 6.45) is 2.40. The Morgan fingerprint density at radius 2 is 2.24 bits per heavy atom. The summed E-state index contributed by atoms with van der Waals surface area (Å²) in [5.74, 6) is -0.0490. The highest BCUT2D eigenvalue weighted by Crippen LogP contribution is 2.32. The van der Waals surface area contributed by atoms with Crippen molar-refractivity contribution in [1.29, 1.82) is 0 Å². The molecule has 5 nitrogen and oxygen atoms in total. The number of amides is 1. The van der Waals surface area contributed by atoms with E-state index in [9.17, 15) is 9.59 Å². The van der Waals surface area contributed by atoms with E-state index in [4.69, 9.17) is 5.73 Å². The van der Waals surface area contributed by atoms with Crippen LogP contribution in [0.3, 0.4) is 0 Å². The van der Waals surface area contributed by atoms with Gasteiger partial charge in [0.05, 0.1) is 6.04 Å². The largest absolute Gasteiger partial charge is 0.398 e. The highest BCUT2D eigenvalue weighted by atomic mass is 32.1. The molecule has 1 aliphatic heterocycles. The summed E-state index contributed by atoms with van der Waals surface area (Å²) in [5.41, 5.74) is 7.17. The lowest BCUT2D eigenvalue weighted by Crippen LogP contribution is -2.41. The summed E-state index contributed by atoms with van der Waals surface area (Å²) >= 11 is 1.74. The van der Waals surface area contributed by atoms with Gasteiger partial charge in [0.15, 0.2) is 0 Å². The Bertz CT molecular complexity index is 735. The first-order chi connectivity index (χ1) is 10.1. The van der Waals surface area contributed by atoms with Crippen LogP contribution in [0.4, 0.5) is 5.69 Å². The lowest BCUT2D eigenvalue weighted by Gasteiger charge is -2.33. The Labute approximate surface area is 126 Å². The van der Waals surface area contributed by atoms with E-state index in [0.29, 0.717) is 12.2 Å². The molecule has 0 saturated heterocycles. The number of aromatic nitrogens is 1. The van der Waals surface area contributed by atoms with Gasteiger partial charge in [-0.25, -0.2) is 0 Å². The van der Waals surface area contributed by atoms with Crippen molar-refractivity contribution in [3.8, 4) is 0 Å². The molecule has 0 spiro atoms. The van der Waals surface area contributed by atoms with E-state index in [1.54, 1.807) is 17.4 Å². The van der Waals surface area contributed by atoms with Gasteiger partial charge in [0.2, 0.25) is 5.91 Å². The maximum absolute atomic E-state index is 12.5. The number of carbonyl (C=O) groups excluding carboxylic acids is 1. The zero-order chi connectivity index (χ0) is 15.0. The van der Waals surface area contributed by atoms with Crippen LogP contribution in [0, 0.1) is 0 Å². The lowest BCUT2D eigenvalue weighted by molar-refractivity contribution is -0.134. The van der Waals surface area contributed by atoms with Crippen LogP contribution in [-0.4, -0.2) is 21.9 Å². The number of hydrogen-bond acceptors (Lipinski definition) is 4. The first-order valence-electron chi connectivity index (χ1n) is 6.88. The van der Waals surface area contributed by atoms with Crippen molar-refractivity contribution in [1.82, 2.24) is 9.47 Å². The SMILES string of the molecule is CC1c2ccsc2CCN1C(=O)Cn1cc(N)ccc1=O. The molecule has 21 heavy (non-hydrogen) atoms. The van der Waals surface area contributed by atoms with E-state index in [1.807, 2.05) is 11.8 Å². The van der Waals surface area contributed by atoms with Crippen molar-refractivity contribution in [3.63, 3.8) is 0 Å². The fourth-order valence-electron chi connectivity index (χ4n) is 2.76. The molecule has 0 aromatic carbocycles. The molecule has 0 bridgehead atoms. The van der Waals surface area contributed by atoms with Gasteiger partial charge in [-0.2, -0.15) is 0 Å². The maximum Gasteiger partial charge on any atom is 0.251 e. The van der Waals surface area contributed by atoms with E-state index < -0.39 is 0 Å². The summed E-state index contributed by atoms with van der Waals surface area (Å²) < 4.78 is 1.37. The molecular formula is C15H17N3O2S. The Hall–Kier alpha value is -2.08. The van der Waals surface area contributed by atoms with E-state index >= 15 is 0 Å². The Morgan fingerprint density at radius 1 is 1.43 bits per heavy atom. The minimum atomic E-state index is -0.210. The number of hydrogen-bond donors (Lipinski definition) is 1. The number of carbonyl (C=O) groups is 1. The molecule has 2 aromatic heterocycles. The second-order valence-corrected chi connectivity index (χ2v) is 6.24. The smallest absolute Gasteiger partial charge is 0.251 e. The average Bonchev–Trinajstić information content (AvgIpc) is 2.92. The highest BCUT2D eigenvalue weighted by Gasteiger charge is 2.28. The molecule has 3 rings (SSSR count). The molecule has 0 saturated carbocycles. The van der Waals surface area contributed by atoms with Gasteiger partial charge in [-0.05, 0) is 36.4 Å². The molecule has 0 radical (unpaired) electrons. The third-order valence-corrected chi connectivity index (χ3v) is 4.91. The predicted octanol–water partition coefficient (Wildman–Crippen LogP) is 1.64. The van der Waals surface area contributed by atoms with Crippen LogP contribution in [0.15, 0.2) is 34.6 Å². The van der Waals surface area contributed by atoms with E-state index in [0.717, 1.165) is 6.42 Å². The average molecular weight is 303 g/mol. The minimum absolute atomic E-state index is 0.0354. The van der Waals surface area contributed by atoms with Gasteiger partial charge in [-0.1, -0.05) is 0 Å². The maximum atomic E-state index is 12.5. The van der Waals surface area contributed by atoms with Crippen LogP contribution in [0.5, 0.6) is 0 Å². The highest BCUT2D eigenvalue weighted by molar-refractivity contribution is 7.10. The number of fused-ring (bicyclic) bond motifs is 1. The zero-order valence-electron chi connectivity index (χ0n) is 11.8. The van der Waals surface area contributed by atoms with Crippen LogP contribution >= 0.6 is 11.3 Å². The zero-order valence-corrected chi connectivity index (χ0v) is 12.6. The molecule has 1 atom stereocenters. The van der Waals surface area contributed by atoms with Crippen molar-refractivity contribution < 1.29 is 4.79 Å². The molecular weight excluding hydrogens is 286 g/mol. The minimum Gasteiger partial charge on any atom is -0.398 e. The molecule has 2 aromatic rings. The lowest BCUT2D eigenvalue weighted by atomic mass is 10.0. The quantitative estimate of drug-likeness (QED) is 0.917. The summed E-state index contributed by atoms with van der Waals surface area (Å²) in [7, 11) is 0. The van der Waals surface area contributed by atoms with Crippen molar-refractivity contribution in [3.05, 3.63) is 50.6 Å². The molecule has 2 N–H and O–H groups in total. The van der Waals surface area contributed by atoms with Crippen LogP contribution in [-0.2, 0) is 17.8 Å². The van der Waals surface area contributed by atoms with Crippen molar-refractivity contribution in [2.24, 2.45) is 0 Å². The van der Waals surface area contributed by atoms with Crippen LogP contribution < -0.4 is 11.3 Å². The molecule has 1 amide bonds. The molecule has 110 valence electrons. The van der Waals surface area contributed by atoms with Gasteiger partial charge < -0.3 is 15.2 Å². The number of nitrogens with two attached hydrogens (primary N) is 1. The van der Waals surface area contributed by atoms with Gasteiger partial charge in [-0.15, -0.1) is 11.3 Å². The first-order valence-corrected chi connectivity index (χ1v) is 7.76. The first kappa shape index (κ1) is 13.9. The van der Waals surface area contributed by atoms with Crippen LogP contribution in [0.2, 0.25) is 0 Å². The van der Waals surface area contributed by atoms with Gasteiger partial charge in [0, 0.05) is 29.4 Å². The van der Waals surface area contributed by atoms with Gasteiger partial charge in [-0.3, -0.25) is 9.59 Å². The van der Waals surface area contributed by atoms with Gasteiger partial charge in [0.1, 0.15) is 6.54 Å². The number of thiophene rings is 1. The summed E-state index contributed by atoms with van der Waals surface area (Å²) in [6.45, 7) is 2.77. The second kappa shape index (κ2) is 5.37. The summed E-state index contributed by atoms with van der Waals surface area (Å²) in [5, 5.41) is 2.07. The monoisotopic (exact) mass is 303 g/mol. The molecule has 0 aliphatic carbocycles. The van der Waals surface area contributed by atoms with Crippen molar-refractivity contribution in [2.75, 3.05) is 12.3 Å². The number of rotatable bonds is 2. The molecule has 1 unspecified atom stereocenters. The fraction of sp³-hybridized carbons (Fsp3) is 0.333. The molecule has 0 fully saturated rings. The number of nitrogen functional groups attached to an aromatic ring is 1. The van der Waals surface area contributed by atoms with Crippen molar-refractivity contribution >= 4 is 22.9 Å². The Morgan fingerprint density at radius 3 is 3.05 bits per heavy atom. The predicted molar refractivity (Wildman–Crippen MR) is 83.3 cm³/mol. The Balaban J connectivity index is 1.80. The standard InChI is InChI=1S/C15H17N3O2S/c1-10-12-5-7-21-13(12)4-6-18(10)15(20)9-17-8-11(16)2-3-14(17)19/h2-3,5,7-8,10H,4,6,9,16H2,1H3. The number of nitrogens with zero attached hydrogens (tertiary/aromatic N) is 2. The summed E-state index contributed by atoms with van der Waals surface area (Å²) in [6, 6.07) is 5.07. The van der Waals surface area contributed by atoms with Gasteiger partial charge in [0.25, 0.3) is 5.56 Å². The van der Waals surface area contributed by atoms with Crippen molar-refractivity contribution in [2.45, 2.75) is 25.9 Å². The molecule has 1 aliphatic rings. The topological polar surface area (TPSA) is 68.3 Å². The van der Waals surface area contributed by atoms with E-state index in [1.165, 1.54) is 27.3 Å². The molecule has 3 heterocycles. The molecule has 6 heteroatoms. The van der Waals surface area contributed by atoms with Crippen LogP contribution in [0.25, 0.3) is 0 Å². The normalized spacial score (nSPS) is 17.6. The van der Waals surface area contributed by atoms with Crippen LogP contribution in [0.1, 0.15) is 23.4 Å². The van der Waals surface area contributed by atoms with E-state index in [2.05, 4.69) is 11.4 Å². The second-order valence-electron chi connectivity index (χ2n) is 5.24. The van der Waals surface area contributed by atoms with Gasteiger partial charge >= 0.3 is 0 Å². The fourth-order valence-corrected chi connectivity index (χ4v) is 3.72. The summed E-state index contributed by atoms with van der Waals surface area (Å²) in [4.78, 5) is 27.5. The van der Waals surface area contributed by atoms with E-state index in [-0.39, 0.29) is 24.1 Å². The number of anilines is 1. The third kappa shape index (κ3) is 2.58. The Kier molecular flexibility index (Phi) is 3.55. The third-order valence-electron chi connectivity index (χ3n) is 3.91. The number of pyridine rings is 1.